The summed E-state index contributed by atoms with van der Waals surface area (Å²) in [7, 11) is 3.50. The lowest BCUT2D eigenvalue weighted by atomic mass is 9.77. The van der Waals surface area contributed by atoms with E-state index in [9.17, 15) is 4.79 Å². The van der Waals surface area contributed by atoms with Gasteiger partial charge < -0.3 is 14.6 Å². The van der Waals surface area contributed by atoms with Crippen LogP contribution in [0.3, 0.4) is 0 Å². The molecule has 1 saturated carbocycles. The van der Waals surface area contributed by atoms with Crippen LogP contribution >= 0.6 is 12.2 Å². The topological polar surface area (TPSA) is 71.9 Å². The summed E-state index contributed by atoms with van der Waals surface area (Å²) in [6, 6.07) is 6.09. The largest absolute Gasteiger partial charge is 0.496 e. The third-order valence-electron chi connectivity index (χ3n) is 5.23. The fourth-order valence-electron chi connectivity index (χ4n) is 3.61. The molecule has 0 atom stereocenters. The van der Waals surface area contributed by atoms with E-state index in [1.54, 1.807) is 11.7 Å². The number of aromatic amines is 1. The molecule has 3 rings (SSSR count). The lowest BCUT2D eigenvalue weighted by Crippen LogP contribution is -2.42. The quantitative estimate of drug-likeness (QED) is 0.804. The maximum absolute atomic E-state index is 13.1. The second-order valence-electron chi connectivity index (χ2n) is 6.66. The Morgan fingerprint density at radius 2 is 2.16 bits per heavy atom. The maximum atomic E-state index is 13.1. The minimum absolute atomic E-state index is 0.0461. The van der Waals surface area contributed by atoms with Crippen LogP contribution < -0.4 is 10.1 Å². The highest BCUT2D eigenvalue weighted by atomic mass is 32.1. The maximum Gasteiger partial charge on any atom is 0.231 e. The molecule has 1 aromatic heterocycles. The van der Waals surface area contributed by atoms with Crippen LogP contribution in [0.5, 0.6) is 5.75 Å². The molecule has 0 bridgehead atoms. The average Bonchev–Trinajstić information content (AvgIpc) is 3.23. The van der Waals surface area contributed by atoms with Crippen molar-refractivity contribution in [1.29, 1.82) is 0 Å². The second kappa shape index (κ2) is 7.00. The van der Waals surface area contributed by atoms with Crippen LogP contribution in [0.1, 0.15) is 42.6 Å². The van der Waals surface area contributed by atoms with E-state index in [0.29, 0.717) is 17.1 Å². The zero-order valence-electron chi connectivity index (χ0n) is 14.9. The van der Waals surface area contributed by atoms with Gasteiger partial charge in [-0.25, -0.2) is 0 Å². The highest BCUT2D eigenvalue weighted by molar-refractivity contribution is 7.71. The van der Waals surface area contributed by atoms with Gasteiger partial charge in [-0.2, -0.15) is 5.10 Å². The summed E-state index contributed by atoms with van der Waals surface area (Å²) in [5.41, 5.74) is 1.61. The number of aromatic nitrogens is 3. The Morgan fingerprint density at radius 1 is 1.44 bits per heavy atom. The lowest BCUT2D eigenvalue weighted by Gasteiger charge is -2.29. The number of aryl methyl sites for hydroxylation is 1. The molecular formula is C18H24N4O2S. The fraction of sp³-hybridized carbons (Fsp3) is 0.500. The number of hydrogen-bond acceptors (Lipinski definition) is 4. The first-order valence-electron chi connectivity index (χ1n) is 8.51. The molecule has 0 unspecified atom stereocenters. The van der Waals surface area contributed by atoms with Crippen molar-refractivity contribution in [3.63, 3.8) is 0 Å². The van der Waals surface area contributed by atoms with E-state index < -0.39 is 5.41 Å². The predicted molar refractivity (Wildman–Crippen MR) is 98.1 cm³/mol. The third-order valence-corrected chi connectivity index (χ3v) is 5.60. The summed E-state index contributed by atoms with van der Waals surface area (Å²) in [5.74, 6) is 1.59. The third kappa shape index (κ3) is 3.20. The number of carbonyl (C=O) groups is 1. The SMILES string of the molecule is COc1cc(C2(C(=O)NCc3n[nH]c(=S)n3C)CCCC2)ccc1C. The Bertz CT molecular complexity index is 834. The number of rotatable bonds is 5. The van der Waals surface area contributed by atoms with Gasteiger partial charge in [0.2, 0.25) is 5.91 Å². The normalized spacial score (nSPS) is 16.0. The minimum Gasteiger partial charge on any atom is -0.496 e. The van der Waals surface area contributed by atoms with Crippen molar-refractivity contribution < 1.29 is 9.53 Å². The Morgan fingerprint density at radius 3 is 2.76 bits per heavy atom. The molecule has 0 saturated heterocycles. The number of H-pyrrole nitrogens is 1. The van der Waals surface area contributed by atoms with E-state index in [4.69, 9.17) is 17.0 Å². The summed E-state index contributed by atoms with van der Waals surface area (Å²) < 4.78 is 7.77. The van der Waals surface area contributed by atoms with Gasteiger partial charge in [0.25, 0.3) is 0 Å². The molecule has 134 valence electrons. The van der Waals surface area contributed by atoms with E-state index in [-0.39, 0.29) is 5.91 Å². The summed E-state index contributed by atoms with van der Waals surface area (Å²) in [5, 5.41) is 9.96. The smallest absolute Gasteiger partial charge is 0.231 e. The van der Waals surface area contributed by atoms with Gasteiger partial charge in [0.05, 0.1) is 19.1 Å². The van der Waals surface area contributed by atoms with Gasteiger partial charge in [0, 0.05) is 7.05 Å². The summed E-state index contributed by atoms with van der Waals surface area (Å²) >= 11 is 5.12. The van der Waals surface area contributed by atoms with Crippen LogP contribution in [-0.4, -0.2) is 27.8 Å². The fourth-order valence-corrected chi connectivity index (χ4v) is 3.76. The number of benzene rings is 1. The molecular weight excluding hydrogens is 336 g/mol. The molecule has 0 aliphatic heterocycles. The Labute approximate surface area is 152 Å². The first kappa shape index (κ1) is 17.7. The zero-order chi connectivity index (χ0) is 18.0. The van der Waals surface area contributed by atoms with Crippen LogP contribution in [0.25, 0.3) is 0 Å². The molecule has 6 nitrogen and oxygen atoms in total. The van der Waals surface area contributed by atoms with Crippen LogP contribution in [0.4, 0.5) is 0 Å². The van der Waals surface area contributed by atoms with Gasteiger partial charge in [0.1, 0.15) is 5.75 Å². The molecule has 1 heterocycles. The molecule has 25 heavy (non-hydrogen) atoms. The summed E-state index contributed by atoms with van der Waals surface area (Å²) in [6.45, 7) is 2.36. The first-order valence-corrected chi connectivity index (χ1v) is 8.92. The van der Waals surface area contributed by atoms with Gasteiger partial charge in [0.15, 0.2) is 10.6 Å². The Kier molecular flexibility index (Phi) is 4.94. The number of nitrogens with zero attached hydrogens (tertiary/aromatic N) is 2. The van der Waals surface area contributed by atoms with Gasteiger partial charge in [-0.05, 0) is 49.2 Å². The van der Waals surface area contributed by atoms with Crippen molar-refractivity contribution in [3.05, 3.63) is 39.9 Å². The number of methoxy groups -OCH3 is 1. The molecule has 2 N–H and O–H groups in total. The van der Waals surface area contributed by atoms with Crippen molar-refractivity contribution in [2.75, 3.05) is 7.11 Å². The van der Waals surface area contributed by atoms with E-state index in [0.717, 1.165) is 42.6 Å². The zero-order valence-corrected chi connectivity index (χ0v) is 15.7. The van der Waals surface area contributed by atoms with Crippen molar-refractivity contribution in [1.82, 2.24) is 20.1 Å². The van der Waals surface area contributed by atoms with Crippen LogP contribution in [0.2, 0.25) is 0 Å². The van der Waals surface area contributed by atoms with Crippen molar-refractivity contribution >= 4 is 18.1 Å². The highest BCUT2D eigenvalue weighted by Gasteiger charge is 2.42. The lowest BCUT2D eigenvalue weighted by molar-refractivity contribution is -0.126. The van der Waals surface area contributed by atoms with Gasteiger partial charge in [-0.1, -0.05) is 25.0 Å². The number of hydrogen-bond donors (Lipinski definition) is 2. The summed E-state index contributed by atoms with van der Waals surface area (Å²) in [4.78, 5) is 13.1. The average molecular weight is 360 g/mol. The number of ether oxygens (including phenoxy) is 1. The first-order chi connectivity index (χ1) is 12.0. The van der Waals surface area contributed by atoms with Crippen molar-refractivity contribution in [3.8, 4) is 5.75 Å². The number of carbonyl (C=O) groups excluding carboxylic acids is 1. The second-order valence-corrected chi connectivity index (χ2v) is 7.05. The molecule has 7 heteroatoms. The van der Waals surface area contributed by atoms with Crippen molar-refractivity contribution in [2.45, 2.75) is 44.6 Å². The van der Waals surface area contributed by atoms with Crippen LogP contribution in [-0.2, 0) is 23.8 Å². The van der Waals surface area contributed by atoms with Gasteiger partial charge >= 0.3 is 0 Å². The minimum atomic E-state index is -0.493. The molecule has 1 aliphatic carbocycles. The standard InChI is InChI=1S/C18H24N4O2S/c1-12-6-7-13(10-14(12)24-3)18(8-4-5-9-18)16(23)19-11-15-20-21-17(25)22(15)2/h6-7,10H,4-5,8-9,11H2,1-3H3,(H,19,23)(H,21,25). The van der Waals surface area contributed by atoms with E-state index in [1.807, 2.05) is 26.1 Å². The van der Waals surface area contributed by atoms with Gasteiger partial charge in [-0.3, -0.25) is 9.89 Å². The molecule has 1 aromatic carbocycles. The molecule has 1 amide bonds. The molecule has 1 aliphatic rings. The molecule has 0 radical (unpaired) electrons. The van der Waals surface area contributed by atoms with E-state index >= 15 is 0 Å². The monoisotopic (exact) mass is 360 g/mol. The number of nitrogens with one attached hydrogen (secondary N) is 2. The van der Waals surface area contributed by atoms with E-state index in [2.05, 4.69) is 21.6 Å². The van der Waals surface area contributed by atoms with Crippen LogP contribution in [0, 0.1) is 11.7 Å². The Hall–Kier alpha value is -2.15. The van der Waals surface area contributed by atoms with E-state index in [1.165, 1.54) is 0 Å². The Balaban J connectivity index is 1.85. The molecule has 1 fully saturated rings. The molecule has 2 aromatic rings. The van der Waals surface area contributed by atoms with Gasteiger partial charge in [-0.15, -0.1) is 0 Å². The highest BCUT2D eigenvalue weighted by Crippen LogP contribution is 2.42. The predicted octanol–water partition coefficient (Wildman–Crippen LogP) is 2.92. The van der Waals surface area contributed by atoms with Crippen LogP contribution in [0.15, 0.2) is 18.2 Å². The van der Waals surface area contributed by atoms with Crippen molar-refractivity contribution in [2.24, 2.45) is 7.05 Å². The molecule has 0 spiro atoms. The summed E-state index contributed by atoms with van der Waals surface area (Å²) in [6.07, 6.45) is 3.81. The number of amides is 1.